The average molecular weight is 333 g/mol. The van der Waals surface area contributed by atoms with Crippen LogP contribution >= 0.6 is 0 Å². The maximum absolute atomic E-state index is 12.9. The van der Waals surface area contributed by atoms with Crippen molar-refractivity contribution in [3.8, 4) is 6.07 Å². The van der Waals surface area contributed by atoms with Crippen molar-refractivity contribution in [1.29, 1.82) is 5.26 Å². The monoisotopic (exact) mass is 333 g/mol. The van der Waals surface area contributed by atoms with Gasteiger partial charge in [-0.15, -0.1) is 0 Å². The number of aromatic nitrogens is 2. The topological polar surface area (TPSA) is 99.8 Å². The number of nitrogens with one attached hydrogen (secondary N) is 1. The maximum atomic E-state index is 12.9. The van der Waals surface area contributed by atoms with Gasteiger partial charge in [0.1, 0.15) is 11.6 Å². The Hall–Kier alpha value is -3.20. The third-order valence-electron chi connectivity index (χ3n) is 4.60. The first kappa shape index (κ1) is 15.3. The second kappa shape index (κ2) is 5.71. The molecular weight excluding hydrogens is 318 g/mol. The van der Waals surface area contributed by atoms with Crippen LogP contribution in [-0.4, -0.2) is 21.5 Å². The summed E-state index contributed by atoms with van der Waals surface area (Å²) in [6.07, 6.45) is 1.82. The number of furan rings is 1. The van der Waals surface area contributed by atoms with Gasteiger partial charge in [-0.05, 0) is 25.5 Å². The summed E-state index contributed by atoms with van der Waals surface area (Å²) in [6.45, 7) is 1.70. The van der Waals surface area contributed by atoms with Gasteiger partial charge in [0.25, 0.3) is 0 Å². The molecule has 2 heterocycles. The van der Waals surface area contributed by atoms with Crippen molar-refractivity contribution in [3.63, 3.8) is 0 Å². The van der Waals surface area contributed by atoms with Gasteiger partial charge in [-0.3, -0.25) is 9.59 Å². The van der Waals surface area contributed by atoms with Crippen LogP contribution in [0.1, 0.15) is 56.8 Å². The highest BCUT2D eigenvalue weighted by Crippen LogP contribution is 2.32. The molecule has 0 saturated heterocycles. The number of H-pyrrole nitrogens is 1. The minimum absolute atomic E-state index is 0.00112. The summed E-state index contributed by atoms with van der Waals surface area (Å²) in [5, 5.41) is 9.54. The molecule has 6 nitrogen and oxygen atoms in total. The van der Waals surface area contributed by atoms with Crippen LogP contribution in [0.4, 0.5) is 0 Å². The van der Waals surface area contributed by atoms with Gasteiger partial charge in [0.2, 0.25) is 5.78 Å². The van der Waals surface area contributed by atoms with Gasteiger partial charge in [-0.25, -0.2) is 4.98 Å². The summed E-state index contributed by atoms with van der Waals surface area (Å²) in [5.74, 6) is -0.645. The van der Waals surface area contributed by atoms with Crippen LogP contribution in [0.5, 0.6) is 0 Å². The molecule has 1 aromatic carbocycles. The van der Waals surface area contributed by atoms with E-state index in [2.05, 4.69) is 9.97 Å². The Morgan fingerprint density at radius 3 is 2.88 bits per heavy atom. The quantitative estimate of drug-likeness (QED) is 0.740. The molecular formula is C19H15N3O3. The van der Waals surface area contributed by atoms with E-state index >= 15 is 0 Å². The lowest BCUT2D eigenvalue weighted by Crippen LogP contribution is -2.13. The van der Waals surface area contributed by atoms with E-state index in [1.807, 2.05) is 30.3 Å². The van der Waals surface area contributed by atoms with Crippen molar-refractivity contribution in [2.24, 2.45) is 0 Å². The Morgan fingerprint density at radius 1 is 1.36 bits per heavy atom. The number of rotatable bonds is 3. The summed E-state index contributed by atoms with van der Waals surface area (Å²) < 4.78 is 5.68. The second-order valence-electron chi connectivity index (χ2n) is 6.20. The van der Waals surface area contributed by atoms with Crippen LogP contribution in [0.15, 0.2) is 28.7 Å². The SMILES string of the molecule is Cc1c(C(=O)[C@H](C#N)c2nc3ccccc3[nH]2)oc2c1C(=O)CCC2. The standard InChI is InChI=1S/C19H15N3O3/c1-10-16-14(23)7-4-8-15(16)25-18(10)17(24)11(9-20)19-21-12-5-2-3-6-13(12)22-19/h2-3,5-6,11H,4,7-8H2,1H3,(H,21,22)/t11-/m0/s1. The van der Waals surface area contributed by atoms with Crippen LogP contribution in [0.3, 0.4) is 0 Å². The smallest absolute Gasteiger partial charge is 0.223 e. The summed E-state index contributed by atoms with van der Waals surface area (Å²) in [6, 6.07) is 9.34. The van der Waals surface area contributed by atoms with Gasteiger partial charge in [-0.1, -0.05) is 12.1 Å². The van der Waals surface area contributed by atoms with Crippen LogP contribution in [0.25, 0.3) is 11.0 Å². The number of benzene rings is 1. The molecule has 1 atom stereocenters. The molecule has 0 amide bonds. The van der Waals surface area contributed by atoms with Crippen molar-refractivity contribution in [2.75, 3.05) is 0 Å². The predicted molar refractivity (Wildman–Crippen MR) is 89.5 cm³/mol. The molecule has 0 unspecified atom stereocenters. The zero-order valence-corrected chi connectivity index (χ0v) is 13.6. The molecule has 0 bridgehead atoms. The van der Waals surface area contributed by atoms with Gasteiger partial charge in [0.15, 0.2) is 17.5 Å². The predicted octanol–water partition coefficient (Wildman–Crippen LogP) is 3.47. The van der Waals surface area contributed by atoms with Gasteiger partial charge in [0.05, 0.1) is 22.7 Å². The summed E-state index contributed by atoms with van der Waals surface area (Å²) in [7, 11) is 0. The normalized spacial score (nSPS) is 15.0. The van der Waals surface area contributed by atoms with Gasteiger partial charge < -0.3 is 9.40 Å². The highest BCUT2D eigenvalue weighted by Gasteiger charge is 2.33. The van der Waals surface area contributed by atoms with E-state index < -0.39 is 11.7 Å². The third-order valence-corrected chi connectivity index (χ3v) is 4.60. The lowest BCUT2D eigenvalue weighted by Gasteiger charge is -2.07. The lowest BCUT2D eigenvalue weighted by atomic mass is 9.92. The minimum Gasteiger partial charge on any atom is -0.457 e. The molecule has 0 radical (unpaired) electrons. The van der Waals surface area contributed by atoms with Crippen LogP contribution in [0.2, 0.25) is 0 Å². The lowest BCUT2D eigenvalue weighted by molar-refractivity contribution is 0.0940. The molecule has 4 rings (SSSR count). The number of imidazole rings is 1. The average Bonchev–Trinajstić information content (AvgIpc) is 3.17. The van der Waals surface area contributed by atoms with Crippen molar-refractivity contribution in [3.05, 3.63) is 52.7 Å². The molecule has 0 fully saturated rings. The van der Waals surface area contributed by atoms with Crippen LogP contribution < -0.4 is 0 Å². The van der Waals surface area contributed by atoms with E-state index in [0.717, 1.165) is 11.9 Å². The third kappa shape index (κ3) is 2.36. The molecule has 25 heavy (non-hydrogen) atoms. The number of fused-ring (bicyclic) bond motifs is 2. The van der Waals surface area contributed by atoms with Gasteiger partial charge in [-0.2, -0.15) is 5.26 Å². The number of carbonyl (C=O) groups is 2. The minimum atomic E-state index is -1.10. The number of nitriles is 1. The first-order valence-corrected chi connectivity index (χ1v) is 8.14. The Bertz CT molecular complexity index is 1020. The Kier molecular flexibility index (Phi) is 3.50. The Morgan fingerprint density at radius 2 is 2.16 bits per heavy atom. The first-order valence-electron chi connectivity index (χ1n) is 8.14. The number of aryl methyl sites for hydroxylation is 1. The van der Waals surface area contributed by atoms with Crippen molar-refractivity contribution >= 4 is 22.6 Å². The van der Waals surface area contributed by atoms with Crippen molar-refractivity contribution in [1.82, 2.24) is 9.97 Å². The number of hydrogen-bond donors (Lipinski definition) is 1. The summed E-state index contributed by atoms with van der Waals surface area (Å²) in [5.41, 5.74) is 2.49. The number of ketones is 2. The first-order chi connectivity index (χ1) is 12.1. The molecule has 1 N–H and O–H groups in total. The highest BCUT2D eigenvalue weighted by molar-refractivity contribution is 6.06. The molecule has 3 aromatic rings. The molecule has 0 aliphatic heterocycles. The zero-order chi connectivity index (χ0) is 17.6. The van der Waals surface area contributed by atoms with Gasteiger partial charge in [0, 0.05) is 18.4 Å². The fourth-order valence-electron chi connectivity index (χ4n) is 3.37. The Labute approximate surface area is 143 Å². The van der Waals surface area contributed by atoms with E-state index in [9.17, 15) is 14.9 Å². The molecule has 0 saturated carbocycles. The fourth-order valence-corrected chi connectivity index (χ4v) is 3.37. The fraction of sp³-hybridized carbons (Fsp3) is 0.263. The second-order valence-corrected chi connectivity index (χ2v) is 6.20. The molecule has 0 spiro atoms. The van der Waals surface area contributed by atoms with E-state index in [1.165, 1.54) is 0 Å². The highest BCUT2D eigenvalue weighted by atomic mass is 16.3. The van der Waals surface area contributed by atoms with E-state index in [4.69, 9.17) is 4.42 Å². The van der Waals surface area contributed by atoms with E-state index in [0.29, 0.717) is 35.2 Å². The van der Waals surface area contributed by atoms with Gasteiger partial charge >= 0.3 is 0 Å². The van der Waals surface area contributed by atoms with Crippen molar-refractivity contribution in [2.45, 2.75) is 32.1 Å². The van der Waals surface area contributed by atoms with E-state index in [1.54, 1.807) is 6.92 Å². The molecule has 6 heteroatoms. The van der Waals surface area contributed by atoms with Crippen LogP contribution in [-0.2, 0) is 6.42 Å². The molecule has 1 aliphatic rings. The molecule has 124 valence electrons. The summed E-state index contributed by atoms with van der Waals surface area (Å²) in [4.78, 5) is 32.4. The number of aromatic amines is 1. The number of para-hydroxylation sites is 2. The van der Waals surface area contributed by atoms with E-state index in [-0.39, 0.29) is 17.4 Å². The largest absolute Gasteiger partial charge is 0.457 e. The maximum Gasteiger partial charge on any atom is 0.223 e. The molecule has 2 aromatic heterocycles. The summed E-state index contributed by atoms with van der Waals surface area (Å²) >= 11 is 0. The zero-order valence-electron chi connectivity index (χ0n) is 13.6. The number of nitrogens with zero attached hydrogens (tertiary/aromatic N) is 2. The van der Waals surface area contributed by atoms with Crippen LogP contribution in [0, 0.1) is 18.3 Å². The number of Topliss-reactive ketones (excluding diaryl/α,β-unsaturated/α-hetero) is 2. The number of carbonyl (C=O) groups excluding carboxylic acids is 2. The molecule has 1 aliphatic carbocycles. The number of hydrogen-bond acceptors (Lipinski definition) is 5. The van der Waals surface area contributed by atoms with Crippen molar-refractivity contribution < 1.29 is 14.0 Å². The Balaban J connectivity index is 1.76.